The molecular weight excluding hydrogens is 522 g/mol. The van der Waals surface area contributed by atoms with Crippen molar-refractivity contribution in [3.63, 3.8) is 0 Å². The van der Waals surface area contributed by atoms with E-state index in [-0.39, 0.29) is 0 Å². The molecule has 204 valence electrons. The van der Waals surface area contributed by atoms with E-state index in [9.17, 15) is 0 Å². The summed E-state index contributed by atoms with van der Waals surface area (Å²) in [6.07, 6.45) is 0. The zero-order valence-electron chi connectivity index (χ0n) is 23.9. The molecule has 8 rings (SSSR count). The first-order valence-corrected chi connectivity index (χ1v) is 14.7. The fraction of sp³-hybridized carbons (Fsp3) is 0.0244. The van der Waals surface area contributed by atoms with E-state index in [0.29, 0.717) is 0 Å². The Morgan fingerprint density at radius 3 is 1.53 bits per heavy atom. The van der Waals surface area contributed by atoms with Crippen LogP contribution in [-0.2, 0) is 0 Å². The van der Waals surface area contributed by atoms with Gasteiger partial charge in [0.2, 0.25) is 0 Å². The first-order chi connectivity index (χ1) is 21.2. The van der Waals surface area contributed by atoms with Crippen LogP contribution in [0.1, 0.15) is 5.56 Å². The van der Waals surface area contributed by atoms with Gasteiger partial charge >= 0.3 is 0 Å². The molecule has 43 heavy (non-hydrogen) atoms. The van der Waals surface area contributed by atoms with Gasteiger partial charge < -0.3 is 9.32 Å². The van der Waals surface area contributed by atoms with E-state index in [1.165, 1.54) is 33.2 Å². The Balaban J connectivity index is 1.37. The molecule has 0 aliphatic rings. The van der Waals surface area contributed by atoms with E-state index in [2.05, 4.69) is 170 Å². The highest BCUT2D eigenvalue weighted by Crippen LogP contribution is 2.45. The van der Waals surface area contributed by atoms with Crippen LogP contribution in [0, 0.1) is 6.92 Å². The predicted octanol–water partition coefficient (Wildman–Crippen LogP) is 11.9. The Labute approximate surface area is 251 Å². The van der Waals surface area contributed by atoms with E-state index in [4.69, 9.17) is 4.42 Å². The third-order valence-electron chi connectivity index (χ3n) is 8.40. The van der Waals surface area contributed by atoms with Crippen LogP contribution in [0.25, 0.3) is 55.0 Å². The Hall–Kier alpha value is -5.60. The van der Waals surface area contributed by atoms with Crippen molar-refractivity contribution in [2.24, 2.45) is 0 Å². The second kappa shape index (κ2) is 10.3. The number of hydrogen-bond acceptors (Lipinski definition) is 2. The van der Waals surface area contributed by atoms with Crippen LogP contribution in [-0.4, -0.2) is 0 Å². The lowest BCUT2D eigenvalue weighted by Crippen LogP contribution is -2.10. The second-order valence-corrected chi connectivity index (χ2v) is 11.0. The van der Waals surface area contributed by atoms with Gasteiger partial charge in [0.05, 0.1) is 5.69 Å². The molecule has 0 N–H and O–H groups in total. The van der Waals surface area contributed by atoms with E-state index >= 15 is 0 Å². The molecule has 0 aliphatic carbocycles. The van der Waals surface area contributed by atoms with Gasteiger partial charge in [0.25, 0.3) is 0 Å². The number of nitrogens with zero attached hydrogens (tertiary/aromatic N) is 1. The molecule has 0 bridgehead atoms. The topological polar surface area (TPSA) is 16.4 Å². The van der Waals surface area contributed by atoms with Crippen LogP contribution in [0.15, 0.2) is 162 Å². The van der Waals surface area contributed by atoms with Gasteiger partial charge in [-0.05, 0) is 71.1 Å². The van der Waals surface area contributed by atoms with Crippen molar-refractivity contribution in [2.45, 2.75) is 6.92 Å². The van der Waals surface area contributed by atoms with E-state index in [0.717, 1.165) is 44.4 Å². The van der Waals surface area contributed by atoms with Crippen molar-refractivity contribution in [3.8, 4) is 22.3 Å². The van der Waals surface area contributed by atoms with Gasteiger partial charge in [-0.3, -0.25) is 0 Å². The maximum Gasteiger partial charge on any atom is 0.143 e. The van der Waals surface area contributed by atoms with E-state index in [1.807, 2.05) is 0 Å². The second-order valence-electron chi connectivity index (χ2n) is 11.0. The van der Waals surface area contributed by atoms with Crippen molar-refractivity contribution in [1.82, 2.24) is 0 Å². The van der Waals surface area contributed by atoms with Gasteiger partial charge in [0.15, 0.2) is 0 Å². The summed E-state index contributed by atoms with van der Waals surface area (Å²) in [5.41, 5.74) is 11.2. The van der Waals surface area contributed by atoms with Gasteiger partial charge in [-0.15, -0.1) is 0 Å². The molecule has 7 aromatic carbocycles. The Kier molecular flexibility index (Phi) is 6.05. The number of aryl methyl sites for hydroxylation is 1. The molecule has 1 heterocycles. The summed E-state index contributed by atoms with van der Waals surface area (Å²) < 4.78 is 6.50. The van der Waals surface area contributed by atoms with Crippen LogP contribution >= 0.6 is 0 Å². The maximum absolute atomic E-state index is 6.50. The van der Waals surface area contributed by atoms with Gasteiger partial charge in [-0.1, -0.05) is 121 Å². The molecule has 0 unspecified atom stereocenters. The summed E-state index contributed by atoms with van der Waals surface area (Å²) in [6.45, 7) is 2.16. The number of rotatable bonds is 5. The van der Waals surface area contributed by atoms with Crippen LogP contribution in [0.2, 0.25) is 0 Å². The molecule has 0 atom stereocenters. The zero-order chi connectivity index (χ0) is 28.8. The van der Waals surface area contributed by atoms with Crippen molar-refractivity contribution in [2.75, 3.05) is 4.90 Å². The first kappa shape index (κ1) is 25.1. The average Bonchev–Trinajstić information content (AvgIpc) is 3.46. The molecule has 0 fully saturated rings. The Bertz CT molecular complexity index is 2130. The third-order valence-corrected chi connectivity index (χ3v) is 8.40. The SMILES string of the molecule is Cc1cccc2oc3c4ccccc4c(N(c4ccc(-c5ccccc5)cc4)c4ccc(-c5ccccc5)cc4)cc3c12. The highest BCUT2D eigenvalue weighted by molar-refractivity contribution is 6.20. The summed E-state index contributed by atoms with van der Waals surface area (Å²) >= 11 is 0. The standard InChI is InChI=1S/C41H29NO/c1-28-11-10-18-39-40(28)37-27-38(35-16-8-9-17-36(35)41(37)43-39)42(33-23-19-31(20-24-33)29-12-4-2-5-13-29)34-25-21-32(22-26-34)30-14-6-3-7-15-30/h2-27H,1H3. The first-order valence-electron chi connectivity index (χ1n) is 14.7. The number of anilines is 3. The number of fused-ring (bicyclic) bond motifs is 5. The van der Waals surface area contributed by atoms with Crippen molar-refractivity contribution < 1.29 is 4.42 Å². The summed E-state index contributed by atoms with van der Waals surface area (Å²) in [6, 6.07) is 56.0. The monoisotopic (exact) mass is 551 g/mol. The smallest absolute Gasteiger partial charge is 0.143 e. The molecule has 0 saturated carbocycles. The number of hydrogen-bond donors (Lipinski definition) is 0. The average molecular weight is 552 g/mol. The minimum atomic E-state index is 0.920. The lowest BCUT2D eigenvalue weighted by molar-refractivity contribution is 0.672. The van der Waals surface area contributed by atoms with Crippen LogP contribution in [0.3, 0.4) is 0 Å². The largest absolute Gasteiger partial charge is 0.455 e. The molecule has 1 aromatic heterocycles. The molecule has 8 aromatic rings. The summed E-state index contributed by atoms with van der Waals surface area (Å²) in [5.74, 6) is 0. The molecule has 2 heteroatoms. The summed E-state index contributed by atoms with van der Waals surface area (Å²) in [7, 11) is 0. The molecule has 0 saturated heterocycles. The minimum Gasteiger partial charge on any atom is -0.455 e. The lowest BCUT2D eigenvalue weighted by Gasteiger charge is -2.27. The van der Waals surface area contributed by atoms with Crippen LogP contribution in [0.4, 0.5) is 17.1 Å². The Morgan fingerprint density at radius 1 is 0.442 bits per heavy atom. The predicted molar refractivity (Wildman–Crippen MR) is 182 cm³/mol. The van der Waals surface area contributed by atoms with Crippen molar-refractivity contribution >= 4 is 49.8 Å². The molecule has 0 spiro atoms. The van der Waals surface area contributed by atoms with Crippen molar-refractivity contribution in [3.05, 3.63) is 163 Å². The molecule has 2 nitrogen and oxygen atoms in total. The third kappa shape index (κ3) is 4.36. The normalized spacial score (nSPS) is 11.4. The number of benzene rings is 7. The fourth-order valence-corrected chi connectivity index (χ4v) is 6.29. The maximum atomic E-state index is 6.50. The summed E-state index contributed by atoms with van der Waals surface area (Å²) in [5, 5.41) is 4.56. The zero-order valence-corrected chi connectivity index (χ0v) is 23.9. The summed E-state index contributed by atoms with van der Waals surface area (Å²) in [4.78, 5) is 2.38. The fourth-order valence-electron chi connectivity index (χ4n) is 6.29. The van der Waals surface area contributed by atoms with Crippen LogP contribution in [0.5, 0.6) is 0 Å². The van der Waals surface area contributed by atoms with E-state index in [1.54, 1.807) is 0 Å². The van der Waals surface area contributed by atoms with Crippen LogP contribution < -0.4 is 4.90 Å². The molecular formula is C41H29NO. The lowest BCUT2D eigenvalue weighted by atomic mass is 9.99. The van der Waals surface area contributed by atoms with Gasteiger partial charge in [-0.2, -0.15) is 0 Å². The van der Waals surface area contributed by atoms with E-state index < -0.39 is 0 Å². The highest BCUT2D eigenvalue weighted by Gasteiger charge is 2.21. The van der Waals surface area contributed by atoms with Gasteiger partial charge in [-0.25, -0.2) is 0 Å². The van der Waals surface area contributed by atoms with Gasteiger partial charge in [0, 0.05) is 32.9 Å². The molecule has 0 aliphatic heterocycles. The van der Waals surface area contributed by atoms with Crippen molar-refractivity contribution in [1.29, 1.82) is 0 Å². The molecule has 0 amide bonds. The quantitative estimate of drug-likeness (QED) is 0.211. The highest BCUT2D eigenvalue weighted by atomic mass is 16.3. The van der Waals surface area contributed by atoms with Gasteiger partial charge in [0.1, 0.15) is 11.2 Å². The molecule has 0 radical (unpaired) electrons. The number of furan rings is 1. The minimum absolute atomic E-state index is 0.920. The Morgan fingerprint density at radius 2 is 0.953 bits per heavy atom.